The standard InChI is InChI=1S/C12H16N6OS/c13-17-10-14-11(18-5-1-2-6-18)16-12(15-10)20-8-9-4-3-7-19-9/h3-4,7H,1-2,5-6,8,13H2,(H,14,15,16,17). The molecule has 8 heteroatoms. The Morgan fingerprint density at radius 2 is 2.15 bits per heavy atom. The lowest BCUT2D eigenvalue weighted by atomic mass is 10.4. The Balaban J connectivity index is 1.76. The molecule has 3 heterocycles. The van der Waals surface area contributed by atoms with Crippen molar-refractivity contribution >= 4 is 23.7 Å². The van der Waals surface area contributed by atoms with Gasteiger partial charge in [0.05, 0.1) is 12.0 Å². The smallest absolute Gasteiger partial charge is 0.242 e. The van der Waals surface area contributed by atoms with Gasteiger partial charge in [-0.1, -0.05) is 11.8 Å². The van der Waals surface area contributed by atoms with E-state index < -0.39 is 0 Å². The lowest BCUT2D eigenvalue weighted by molar-refractivity contribution is 0.530. The molecule has 0 atom stereocenters. The van der Waals surface area contributed by atoms with Gasteiger partial charge in [-0.15, -0.1) is 0 Å². The minimum Gasteiger partial charge on any atom is -0.468 e. The van der Waals surface area contributed by atoms with E-state index in [9.17, 15) is 0 Å². The maximum Gasteiger partial charge on any atom is 0.242 e. The summed E-state index contributed by atoms with van der Waals surface area (Å²) >= 11 is 1.50. The number of hydrazine groups is 1. The number of thioether (sulfide) groups is 1. The van der Waals surface area contributed by atoms with Gasteiger partial charge in [0.1, 0.15) is 5.76 Å². The first kappa shape index (κ1) is 13.2. The molecule has 3 rings (SSSR count). The maximum absolute atomic E-state index is 5.43. The molecule has 3 N–H and O–H groups in total. The Kier molecular flexibility index (Phi) is 4.03. The van der Waals surface area contributed by atoms with Crippen LogP contribution in [0.5, 0.6) is 0 Å². The predicted octanol–water partition coefficient (Wildman–Crippen LogP) is 1.64. The van der Waals surface area contributed by atoms with Crippen LogP contribution in [-0.4, -0.2) is 28.0 Å². The van der Waals surface area contributed by atoms with Gasteiger partial charge in [-0.3, -0.25) is 5.43 Å². The predicted molar refractivity (Wildman–Crippen MR) is 77.4 cm³/mol. The van der Waals surface area contributed by atoms with Crippen LogP contribution in [0.1, 0.15) is 18.6 Å². The van der Waals surface area contributed by atoms with Crippen LogP contribution in [0.15, 0.2) is 28.0 Å². The Bertz CT molecular complexity index is 555. The molecule has 0 unspecified atom stereocenters. The van der Waals surface area contributed by atoms with Crippen LogP contribution in [0.2, 0.25) is 0 Å². The van der Waals surface area contributed by atoms with Gasteiger partial charge in [0.25, 0.3) is 0 Å². The average Bonchev–Trinajstić information content (AvgIpc) is 3.17. The molecule has 106 valence electrons. The molecule has 1 fully saturated rings. The lowest BCUT2D eigenvalue weighted by Crippen LogP contribution is -2.22. The van der Waals surface area contributed by atoms with Crippen molar-refractivity contribution < 1.29 is 4.42 Å². The molecule has 1 aliphatic rings. The third kappa shape index (κ3) is 3.02. The number of nitrogens with one attached hydrogen (secondary N) is 1. The van der Waals surface area contributed by atoms with E-state index in [1.54, 1.807) is 6.26 Å². The molecular weight excluding hydrogens is 276 g/mol. The van der Waals surface area contributed by atoms with Crippen LogP contribution in [0, 0.1) is 0 Å². The van der Waals surface area contributed by atoms with Gasteiger partial charge in [-0.05, 0) is 25.0 Å². The SMILES string of the molecule is NNc1nc(SCc2ccco2)nc(N2CCCC2)n1. The maximum atomic E-state index is 5.43. The van der Waals surface area contributed by atoms with Crippen LogP contribution in [0.3, 0.4) is 0 Å². The number of nitrogens with two attached hydrogens (primary N) is 1. The third-order valence-electron chi connectivity index (χ3n) is 3.04. The topological polar surface area (TPSA) is 93.1 Å². The largest absolute Gasteiger partial charge is 0.468 e. The lowest BCUT2D eigenvalue weighted by Gasteiger charge is -2.16. The fourth-order valence-corrected chi connectivity index (χ4v) is 2.80. The first-order chi connectivity index (χ1) is 9.85. The van der Waals surface area contributed by atoms with Crippen LogP contribution in [0.4, 0.5) is 11.9 Å². The highest BCUT2D eigenvalue weighted by atomic mass is 32.2. The van der Waals surface area contributed by atoms with Crippen LogP contribution < -0.4 is 16.2 Å². The van der Waals surface area contributed by atoms with Gasteiger partial charge in [-0.25, -0.2) is 5.84 Å². The number of rotatable bonds is 5. The molecule has 20 heavy (non-hydrogen) atoms. The van der Waals surface area contributed by atoms with Crippen molar-refractivity contribution in [1.82, 2.24) is 15.0 Å². The molecule has 0 amide bonds. The van der Waals surface area contributed by atoms with Gasteiger partial charge in [0.15, 0.2) is 5.16 Å². The molecule has 1 saturated heterocycles. The zero-order valence-electron chi connectivity index (χ0n) is 11.0. The molecule has 2 aromatic heterocycles. The molecule has 0 spiro atoms. The van der Waals surface area contributed by atoms with Gasteiger partial charge in [0, 0.05) is 13.1 Å². The normalized spacial score (nSPS) is 14.8. The van der Waals surface area contributed by atoms with E-state index in [0.717, 1.165) is 18.8 Å². The van der Waals surface area contributed by atoms with E-state index in [-0.39, 0.29) is 0 Å². The summed E-state index contributed by atoms with van der Waals surface area (Å²) in [6.45, 7) is 1.96. The van der Waals surface area contributed by atoms with Gasteiger partial charge in [-0.2, -0.15) is 15.0 Å². The fourth-order valence-electron chi connectivity index (χ4n) is 2.06. The number of aromatic nitrogens is 3. The molecule has 0 bridgehead atoms. The summed E-state index contributed by atoms with van der Waals surface area (Å²) < 4.78 is 5.30. The summed E-state index contributed by atoms with van der Waals surface area (Å²) in [5.41, 5.74) is 2.50. The van der Waals surface area contributed by atoms with E-state index in [1.165, 1.54) is 24.6 Å². The zero-order valence-corrected chi connectivity index (χ0v) is 11.8. The van der Waals surface area contributed by atoms with E-state index in [0.29, 0.717) is 22.8 Å². The quantitative estimate of drug-likeness (QED) is 0.488. The second-order valence-corrected chi connectivity index (χ2v) is 5.39. The molecule has 7 nitrogen and oxygen atoms in total. The van der Waals surface area contributed by atoms with Crippen molar-refractivity contribution in [3.8, 4) is 0 Å². The minimum atomic E-state index is 0.392. The minimum absolute atomic E-state index is 0.392. The van der Waals surface area contributed by atoms with Crippen molar-refractivity contribution in [2.24, 2.45) is 5.84 Å². The molecule has 2 aromatic rings. The molecule has 0 aromatic carbocycles. The first-order valence-corrected chi connectivity index (χ1v) is 7.46. The van der Waals surface area contributed by atoms with Crippen LogP contribution in [-0.2, 0) is 5.75 Å². The van der Waals surface area contributed by atoms with Crippen molar-refractivity contribution in [3.63, 3.8) is 0 Å². The molecule has 1 aliphatic heterocycles. The molecule has 0 saturated carbocycles. The van der Waals surface area contributed by atoms with Crippen molar-refractivity contribution in [1.29, 1.82) is 0 Å². The summed E-state index contributed by atoms with van der Waals surface area (Å²) in [6, 6.07) is 3.80. The van der Waals surface area contributed by atoms with Gasteiger partial charge >= 0.3 is 0 Å². The van der Waals surface area contributed by atoms with Crippen LogP contribution in [0.25, 0.3) is 0 Å². The Hall–Kier alpha value is -1.80. The highest BCUT2D eigenvalue weighted by molar-refractivity contribution is 7.98. The second-order valence-electron chi connectivity index (χ2n) is 4.45. The van der Waals surface area contributed by atoms with E-state index in [4.69, 9.17) is 10.3 Å². The fraction of sp³-hybridized carbons (Fsp3) is 0.417. The van der Waals surface area contributed by atoms with E-state index in [1.807, 2.05) is 12.1 Å². The summed E-state index contributed by atoms with van der Waals surface area (Å²) in [7, 11) is 0. The van der Waals surface area contributed by atoms with E-state index >= 15 is 0 Å². The second kappa shape index (κ2) is 6.10. The summed E-state index contributed by atoms with van der Waals surface area (Å²) in [5, 5.41) is 0.645. The van der Waals surface area contributed by atoms with E-state index in [2.05, 4.69) is 25.3 Å². The Labute approximate surface area is 121 Å². The highest BCUT2D eigenvalue weighted by Gasteiger charge is 2.17. The highest BCUT2D eigenvalue weighted by Crippen LogP contribution is 2.23. The third-order valence-corrected chi connectivity index (χ3v) is 3.91. The zero-order chi connectivity index (χ0) is 13.8. The Morgan fingerprint density at radius 3 is 2.85 bits per heavy atom. The summed E-state index contributed by atoms with van der Waals surface area (Å²) in [4.78, 5) is 15.2. The Morgan fingerprint density at radius 1 is 1.30 bits per heavy atom. The number of anilines is 2. The van der Waals surface area contributed by atoms with Crippen molar-refractivity contribution in [3.05, 3.63) is 24.2 Å². The van der Waals surface area contributed by atoms with Crippen molar-refractivity contribution in [2.75, 3.05) is 23.4 Å². The average molecular weight is 292 g/mol. The van der Waals surface area contributed by atoms with Gasteiger partial charge < -0.3 is 9.32 Å². The number of nitrogens with zero attached hydrogens (tertiary/aromatic N) is 4. The molecule has 0 radical (unpaired) electrons. The molecular formula is C12H16N6OS. The first-order valence-electron chi connectivity index (χ1n) is 6.48. The summed E-state index contributed by atoms with van der Waals surface area (Å²) in [5.74, 6) is 8.08. The number of nitrogen functional groups attached to an aromatic ring is 1. The number of hydrogen-bond acceptors (Lipinski definition) is 8. The van der Waals surface area contributed by atoms with Crippen molar-refractivity contribution in [2.45, 2.75) is 23.8 Å². The van der Waals surface area contributed by atoms with Gasteiger partial charge in [0.2, 0.25) is 11.9 Å². The monoisotopic (exact) mass is 292 g/mol. The van der Waals surface area contributed by atoms with Crippen LogP contribution >= 0.6 is 11.8 Å². The number of furan rings is 1. The number of hydrogen-bond donors (Lipinski definition) is 2. The molecule has 0 aliphatic carbocycles. The summed E-state index contributed by atoms with van der Waals surface area (Å²) in [6.07, 6.45) is 4.00.